The lowest BCUT2D eigenvalue weighted by Crippen LogP contribution is -2.42. The first-order chi connectivity index (χ1) is 7.44. The van der Waals surface area contributed by atoms with Crippen molar-refractivity contribution in [2.45, 2.75) is 45.3 Å². The fourth-order valence-electron chi connectivity index (χ4n) is 1.99. The zero-order valence-corrected chi connectivity index (χ0v) is 10.7. The lowest BCUT2D eigenvalue weighted by atomic mass is 9.92. The number of methoxy groups -OCH3 is 1. The first-order valence-corrected chi connectivity index (χ1v) is 5.90. The number of ether oxygens (including phenoxy) is 2. The standard InChI is InChI=1S/C12H23NO3/c1-12(2,3)16-11(14)10(15-4)9-5-7-13-8-6-9/h9-10,13H,5-8H2,1-4H3. The molecular formula is C12H23NO3. The molecule has 1 N–H and O–H groups in total. The third kappa shape index (κ3) is 4.10. The number of hydrogen-bond acceptors (Lipinski definition) is 4. The van der Waals surface area contributed by atoms with Crippen molar-refractivity contribution < 1.29 is 14.3 Å². The molecule has 1 atom stereocenters. The molecule has 0 spiro atoms. The van der Waals surface area contributed by atoms with Gasteiger partial charge in [-0.15, -0.1) is 0 Å². The van der Waals surface area contributed by atoms with Crippen LogP contribution in [0.25, 0.3) is 0 Å². The molecule has 1 unspecified atom stereocenters. The van der Waals surface area contributed by atoms with Gasteiger partial charge in [0, 0.05) is 7.11 Å². The third-order valence-electron chi connectivity index (χ3n) is 2.70. The molecule has 1 fully saturated rings. The third-order valence-corrected chi connectivity index (χ3v) is 2.70. The van der Waals surface area contributed by atoms with E-state index < -0.39 is 11.7 Å². The maximum atomic E-state index is 11.9. The molecule has 0 aromatic carbocycles. The number of rotatable bonds is 3. The van der Waals surface area contributed by atoms with Crippen molar-refractivity contribution in [3.05, 3.63) is 0 Å². The molecule has 0 bridgehead atoms. The molecule has 0 radical (unpaired) electrons. The molecule has 1 heterocycles. The molecular weight excluding hydrogens is 206 g/mol. The van der Waals surface area contributed by atoms with Crippen molar-refractivity contribution in [1.82, 2.24) is 5.32 Å². The van der Waals surface area contributed by atoms with Gasteiger partial charge < -0.3 is 14.8 Å². The highest BCUT2D eigenvalue weighted by Gasteiger charge is 2.32. The van der Waals surface area contributed by atoms with E-state index in [2.05, 4.69) is 5.32 Å². The maximum Gasteiger partial charge on any atom is 0.336 e. The summed E-state index contributed by atoms with van der Waals surface area (Å²) in [5, 5.41) is 3.27. The maximum absolute atomic E-state index is 11.9. The van der Waals surface area contributed by atoms with Crippen molar-refractivity contribution in [3.8, 4) is 0 Å². The van der Waals surface area contributed by atoms with E-state index in [1.54, 1.807) is 7.11 Å². The fraction of sp³-hybridized carbons (Fsp3) is 0.917. The smallest absolute Gasteiger partial charge is 0.336 e. The number of hydrogen-bond donors (Lipinski definition) is 1. The minimum absolute atomic E-state index is 0.234. The summed E-state index contributed by atoms with van der Waals surface area (Å²) in [4.78, 5) is 11.9. The second kappa shape index (κ2) is 5.64. The summed E-state index contributed by atoms with van der Waals surface area (Å²) in [7, 11) is 1.58. The van der Waals surface area contributed by atoms with E-state index in [0.717, 1.165) is 25.9 Å². The second-order valence-corrected chi connectivity index (χ2v) is 5.28. The quantitative estimate of drug-likeness (QED) is 0.742. The highest BCUT2D eigenvalue weighted by molar-refractivity contribution is 5.75. The Morgan fingerprint density at radius 3 is 2.31 bits per heavy atom. The Bertz CT molecular complexity index is 229. The highest BCUT2D eigenvalue weighted by atomic mass is 16.6. The van der Waals surface area contributed by atoms with Crippen molar-refractivity contribution in [1.29, 1.82) is 0 Å². The van der Waals surface area contributed by atoms with E-state index in [-0.39, 0.29) is 11.9 Å². The number of carbonyl (C=O) groups excluding carboxylic acids is 1. The molecule has 94 valence electrons. The van der Waals surface area contributed by atoms with Gasteiger partial charge in [0.25, 0.3) is 0 Å². The van der Waals surface area contributed by atoms with Gasteiger partial charge in [0.15, 0.2) is 6.10 Å². The average molecular weight is 229 g/mol. The molecule has 0 aromatic heterocycles. The summed E-state index contributed by atoms with van der Waals surface area (Å²) in [5.41, 5.74) is -0.444. The van der Waals surface area contributed by atoms with Crippen LogP contribution in [0.3, 0.4) is 0 Å². The average Bonchev–Trinajstić information content (AvgIpc) is 2.17. The Hall–Kier alpha value is -0.610. The Labute approximate surface area is 97.7 Å². The summed E-state index contributed by atoms with van der Waals surface area (Å²) in [6.07, 6.45) is 1.52. The summed E-state index contributed by atoms with van der Waals surface area (Å²) in [6.45, 7) is 7.53. The SMILES string of the molecule is COC(C(=O)OC(C)(C)C)C1CCNCC1. The molecule has 0 aromatic rings. The molecule has 1 saturated heterocycles. The van der Waals surface area contributed by atoms with Gasteiger partial charge in [0.05, 0.1) is 0 Å². The largest absolute Gasteiger partial charge is 0.458 e. The van der Waals surface area contributed by atoms with E-state index in [1.807, 2.05) is 20.8 Å². The Balaban J connectivity index is 2.55. The van der Waals surface area contributed by atoms with Crippen molar-refractivity contribution in [2.24, 2.45) is 5.92 Å². The van der Waals surface area contributed by atoms with E-state index in [4.69, 9.17) is 9.47 Å². The van der Waals surface area contributed by atoms with Crippen LogP contribution in [-0.2, 0) is 14.3 Å². The van der Waals surface area contributed by atoms with Crippen LogP contribution in [0.2, 0.25) is 0 Å². The van der Waals surface area contributed by atoms with Gasteiger partial charge in [0.1, 0.15) is 5.60 Å². The molecule has 1 rings (SSSR count). The van der Waals surface area contributed by atoms with Crippen LogP contribution in [0.15, 0.2) is 0 Å². The molecule has 0 amide bonds. The second-order valence-electron chi connectivity index (χ2n) is 5.28. The van der Waals surface area contributed by atoms with Crippen molar-refractivity contribution in [2.75, 3.05) is 20.2 Å². The topological polar surface area (TPSA) is 47.6 Å². The van der Waals surface area contributed by atoms with E-state index in [1.165, 1.54) is 0 Å². The predicted octanol–water partition coefficient (Wildman–Crippen LogP) is 1.34. The zero-order valence-electron chi connectivity index (χ0n) is 10.7. The van der Waals surface area contributed by atoms with Crippen LogP contribution >= 0.6 is 0 Å². The Kier molecular flexibility index (Phi) is 4.74. The Morgan fingerprint density at radius 2 is 1.88 bits per heavy atom. The van der Waals surface area contributed by atoms with Crippen LogP contribution in [0.5, 0.6) is 0 Å². The molecule has 4 heteroatoms. The number of nitrogens with one attached hydrogen (secondary N) is 1. The minimum atomic E-state index is -0.444. The van der Waals surface area contributed by atoms with Gasteiger partial charge in [-0.1, -0.05) is 0 Å². The van der Waals surface area contributed by atoms with Crippen LogP contribution < -0.4 is 5.32 Å². The van der Waals surface area contributed by atoms with Gasteiger partial charge >= 0.3 is 5.97 Å². The van der Waals surface area contributed by atoms with E-state index in [9.17, 15) is 4.79 Å². The molecule has 1 aliphatic rings. The van der Waals surface area contributed by atoms with Gasteiger partial charge in [-0.3, -0.25) is 0 Å². The van der Waals surface area contributed by atoms with E-state index in [0.29, 0.717) is 0 Å². The summed E-state index contributed by atoms with van der Waals surface area (Å²) in [6, 6.07) is 0. The predicted molar refractivity (Wildman–Crippen MR) is 62.2 cm³/mol. The summed E-state index contributed by atoms with van der Waals surface area (Å²) in [5.74, 6) is 0.0444. The molecule has 4 nitrogen and oxygen atoms in total. The monoisotopic (exact) mass is 229 g/mol. The zero-order chi connectivity index (χ0) is 12.2. The number of carbonyl (C=O) groups is 1. The molecule has 1 aliphatic heterocycles. The minimum Gasteiger partial charge on any atom is -0.458 e. The summed E-state index contributed by atoms with van der Waals surface area (Å²) >= 11 is 0. The van der Waals surface area contributed by atoms with Crippen molar-refractivity contribution in [3.63, 3.8) is 0 Å². The number of esters is 1. The number of piperidine rings is 1. The van der Waals surface area contributed by atoms with Crippen LogP contribution in [0.4, 0.5) is 0 Å². The highest BCUT2D eigenvalue weighted by Crippen LogP contribution is 2.21. The Morgan fingerprint density at radius 1 is 1.31 bits per heavy atom. The molecule has 0 saturated carbocycles. The first-order valence-electron chi connectivity index (χ1n) is 5.90. The van der Waals surface area contributed by atoms with Gasteiger partial charge in [-0.25, -0.2) is 4.79 Å². The van der Waals surface area contributed by atoms with Gasteiger partial charge in [-0.05, 0) is 52.6 Å². The lowest BCUT2D eigenvalue weighted by molar-refractivity contribution is -0.171. The lowest BCUT2D eigenvalue weighted by Gasteiger charge is -2.30. The van der Waals surface area contributed by atoms with E-state index >= 15 is 0 Å². The first kappa shape index (κ1) is 13.5. The van der Waals surface area contributed by atoms with Gasteiger partial charge in [0.2, 0.25) is 0 Å². The normalized spacial score (nSPS) is 20.5. The van der Waals surface area contributed by atoms with Crippen LogP contribution in [0.1, 0.15) is 33.6 Å². The van der Waals surface area contributed by atoms with Crippen LogP contribution in [-0.4, -0.2) is 37.9 Å². The molecule has 16 heavy (non-hydrogen) atoms. The fourth-order valence-corrected chi connectivity index (χ4v) is 1.99. The van der Waals surface area contributed by atoms with Crippen LogP contribution in [0, 0.1) is 5.92 Å². The van der Waals surface area contributed by atoms with Gasteiger partial charge in [-0.2, -0.15) is 0 Å². The van der Waals surface area contributed by atoms with Crippen molar-refractivity contribution >= 4 is 5.97 Å². The molecule has 0 aliphatic carbocycles. The summed E-state index contributed by atoms with van der Waals surface area (Å²) < 4.78 is 10.7.